The van der Waals surface area contributed by atoms with Crippen LogP contribution in [0.4, 0.5) is 0 Å². The maximum absolute atomic E-state index is 6.45. The molecule has 1 rings (SSSR count). The Morgan fingerprint density at radius 1 is 0.889 bits per heavy atom. The van der Waals surface area contributed by atoms with Crippen LogP contribution in [0.2, 0.25) is 0 Å². The molecule has 2 N–H and O–H groups in total. The molecule has 1 aliphatic carbocycles. The molecule has 0 heterocycles. The van der Waals surface area contributed by atoms with E-state index in [4.69, 9.17) is 5.73 Å². The molecule has 1 heteroatoms. The van der Waals surface area contributed by atoms with Gasteiger partial charge in [-0.2, -0.15) is 0 Å². The highest BCUT2D eigenvalue weighted by atomic mass is 14.7. The maximum Gasteiger partial charge on any atom is 0.00929 e. The van der Waals surface area contributed by atoms with E-state index in [1.54, 1.807) is 0 Å². The molecule has 0 spiro atoms. The largest absolute Gasteiger partial charge is 0.327 e. The lowest BCUT2D eigenvalue weighted by Crippen LogP contribution is -2.40. The minimum Gasteiger partial charge on any atom is -0.327 e. The van der Waals surface area contributed by atoms with Gasteiger partial charge in [0.2, 0.25) is 0 Å². The van der Waals surface area contributed by atoms with Crippen molar-refractivity contribution in [3.63, 3.8) is 0 Å². The summed E-state index contributed by atoms with van der Waals surface area (Å²) in [5.41, 5.74) is 6.90. The van der Waals surface area contributed by atoms with Gasteiger partial charge in [-0.25, -0.2) is 0 Å². The molecule has 1 fully saturated rings. The Morgan fingerprint density at radius 2 is 1.44 bits per heavy atom. The van der Waals surface area contributed by atoms with Gasteiger partial charge in [-0.1, -0.05) is 78.1 Å². The Morgan fingerprint density at radius 3 is 2.06 bits per heavy atom. The quantitative estimate of drug-likeness (QED) is 0.545. The number of nitrogens with two attached hydrogens (primary N) is 1. The molecule has 0 aliphatic heterocycles. The van der Waals surface area contributed by atoms with Gasteiger partial charge in [0, 0.05) is 6.04 Å². The fourth-order valence-corrected chi connectivity index (χ4v) is 3.40. The van der Waals surface area contributed by atoms with Crippen molar-refractivity contribution in [1.29, 1.82) is 0 Å². The summed E-state index contributed by atoms with van der Waals surface area (Å²) in [5, 5.41) is 0. The van der Waals surface area contributed by atoms with E-state index in [1.165, 1.54) is 83.5 Å². The third-order valence-corrected chi connectivity index (χ3v) is 5.01. The molecule has 0 saturated heterocycles. The van der Waals surface area contributed by atoms with E-state index in [2.05, 4.69) is 13.8 Å². The molecule has 0 bridgehead atoms. The first-order valence-electron chi connectivity index (χ1n) is 8.44. The van der Waals surface area contributed by atoms with Crippen molar-refractivity contribution in [2.24, 2.45) is 11.1 Å². The molecule has 18 heavy (non-hydrogen) atoms. The average molecular weight is 253 g/mol. The van der Waals surface area contributed by atoms with Crippen LogP contribution in [0.15, 0.2) is 0 Å². The standard InChI is InChI=1S/C17H35N/c1-3-4-5-6-7-8-10-13-16(18)17(2)14-11-9-12-15-17/h16H,3-15,18H2,1-2H3. The fraction of sp³-hybridized carbons (Fsp3) is 1.00. The van der Waals surface area contributed by atoms with Gasteiger partial charge in [0.1, 0.15) is 0 Å². The van der Waals surface area contributed by atoms with E-state index >= 15 is 0 Å². The van der Waals surface area contributed by atoms with Crippen LogP contribution in [0.5, 0.6) is 0 Å². The summed E-state index contributed by atoms with van der Waals surface area (Å²) in [4.78, 5) is 0. The van der Waals surface area contributed by atoms with E-state index in [0.29, 0.717) is 11.5 Å². The zero-order chi connectivity index (χ0) is 13.3. The molecule has 1 nitrogen and oxygen atoms in total. The maximum atomic E-state index is 6.45. The molecule has 0 aromatic rings. The van der Waals surface area contributed by atoms with Crippen LogP contribution in [0.1, 0.15) is 97.3 Å². The summed E-state index contributed by atoms with van der Waals surface area (Å²) < 4.78 is 0. The number of rotatable bonds is 9. The first kappa shape index (κ1) is 16.0. The molecular formula is C17H35N. The summed E-state index contributed by atoms with van der Waals surface area (Å²) in [5.74, 6) is 0. The Kier molecular flexibility index (Phi) is 7.97. The summed E-state index contributed by atoms with van der Waals surface area (Å²) >= 11 is 0. The van der Waals surface area contributed by atoms with Crippen molar-refractivity contribution in [1.82, 2.24) is 0 Å². The second-order valence-corrected chi connectivity index (χ2v) is 6.73. The van der Waals surface area contributed by atoms with Crippen molar-refractivity contribution in [3.8, 4) is 0 Å². The Balaban J connectivity index is 2.03. The zero-order valence-electron chi connectivity index (χ0n) is 12.8. The lowest BCUT2D eigenvalue weighted by Gasteiger charge is -2.39. The van der Waals surface area contributed by atoms with Gasteiger partial charge in [0.15, 0.2) is 0 Å². The molecule has 1 atom stereocenters. The van der Waals surface area contributed by atoms with Gasteiger partial charge in [-0.05, 0) is 24.7 Å². The van der Waals surface area contributed by atoms with Crippen molar-refractivity contribution in [2.75, 3.05) is 0 Å². The van der Waals surface area contributed by atoms with Crippen LogP contribution >= 0.6 is 0 Å². The molecule has 0 aromatic carbocycles. The van der Waals surface area contributed by atoms with Crippen LogP contribution in [-0.2, 0) is 0 Å². The highest BCUT2D eigenvalue weighted by molar-refractivity contribution is 4.87. The predicted octanol–water partition coefficient (Wildman–Crippen LogP) is 5.42. The van der Waals surface area contributed by atoms with Gasteiger partial charge in [-0.3, -0.25) is 0 Å². The third kappa shape index (κ3) is 5.73. The number of hydrogen-bond donors (Lipinski definition) is 1. The molecule has 1 unspecified atom stereocenters. The molecule has 0 amide bonds. The Bertz CT molecular complexity index is 194. The molecule has 108 valence electrons. The predicted molar refractivity (Wildman–Crippen MR) is 81.8 cm³/mol. The van der Waals surface area contributed by atoms with E-state index in [1.807, 2.05) is 0 Å². The van der Waals surface area contributed by atoms with E-state index in [-0.39, 0.29) is 0 Å². The van der Waals surface area contributed by atoms with Crippen LogP contribution < -0.4 is 5.73 Å². The van der Waals surface area contributed by atoms with Crippen molar-refractivity contribution < 1.29 is 0 Å². The van der Waals surface area contributed by atoms with Crippen LogP contribution in [-0.4, -0.2) is 6.04 Å². The minimum atomic E-state index is 0.452. The second-order valence-electron chi connectivity index (χ2n) is 6.73. The highest BCUT2D eigenvalue weighted by Gasteiger charge is 2.32. The van der Waals surface area contributed by atoms with Crippen molar-refractivity contribution in [3.05, 3.63) is 0 Å². The van der Waals surface area contributed by atoms with Crippen LogP contribution in [0.3, 0.4) is 0 Å². The van der Waals surface area contributed by atoms with E-state index in [0.717, 1.165) is 0 Å². The van der Waals surface area contributed by atoms with Gasteiger partial charge in [0.05, 0.1) is 0 Å². The molecule has 0 radical (unpaired) electrons. The lowest BCUT2D eigenvalue weighted by molar-refractivity contribution is 0.161. The average Bonchev–Trinajstić information content (AvgIpc) is 2.38. The van der Waals surface area contributed by atoms with E-state index < -0.39 is 0 Å². The van der Waals surface area contributed by atoms with E-state index in [9.17, 15) is 0 Å². The molecule has 0 aromatic heterocycles. The van der Waals surface area contributed by atoms with Gasteiger partial charge >= 0.3 is 0 Å². The SMILES string of the molecule is CCCCCCCCCC(N)C1(C)CCCCC1. The first-order chi connectivity index (χ1) is 8.69. The first-order valence-corrected chi connectivity index (χ1v) is 8.44. The summed E-state index contributed by atoms with van der Waals surface area (Å²) in [7, 11) is 0. The highest BCUT2D eigenvalue weighted by Crippen LogP contribution is 2.39. The number of unbranched alkanes of at least 4 members (excludes halogenated alkanes) is 6. The van der Waals surface area contributed by atoms with Crippen LogP contribution in [0, 0.1) is 5.41 Å². The van der Waals surface area contributed by atoms with Gasteiger partial charge in [0.25, 0.3) is 0 Å². The summed E-state index contributed by atoms with van der Waals surface area (Å²) in [6.45, 7) is 4.71. The zero-order valence-corrected chi connectivity index (χ0v) is 12.8. The van der Waals surface area contributed by atoms with Crippen LogP contribution in [0.25, 0.3) is 0 Å². The second kappa shape index (κ2) is 8.96. The molecule has 1 saturated carbocycles. The monoisotopic (exact) mass is 253 g/mol. The van der Waals surface area contributed by atoms with Crippen molar-refractivity contribution in [2.45, 2.75) is 103 Å². The molecular weight excluding hydrogens is 218 g/mol. The fourth-order valence-electron chi connectivity index (χ4n) is 3.40. The smallest absolute Gasteiger partial charge is 0.00929 e. The normalized spacial score (nSPS) is 20.8. The minimum absolute atomic E-state index is 0.452. The Hall–Kier alpha value is -0.0400. The Labute approximate surface area is 115 Å². The van der Waals surface area contributed by atoms with Gasteiger partial charge < -0.3 is 5.73 Å². The topological polar surface area (TPSA) is 26.0 Å². The molecule has 1 aliphatic rings. The third-order valence-electron chi connectivity index (χ3n) is 5.01. The van der Waals surface area contributed by atoms with Crippen molar-refractivity contribution >= 4 is 0 Å². The summed E-state index contributed by atoms with van der Waals surface area (Å²) in [6, 6.07) is 0.452. The summed E-state index contributed by atoms with van der Waals surface area (Å²) in [6.07, 6.45) is 18.0. The lowest BCUT2D eigenvalue weighted by atomic mass is 9.69. The number of hydrogen-bond acceptors (Lipinski definition) is 1. The van der Waals surface area contributed by atoms with Gasteiger partial charge in [-0.15, -0.1) is 0 Å².